The Morgan fingerprint density at radius 1 is 0.279 bits per heavy atom. The molecule has 0 radical (unpaired) electrons. The number of nitrogens with one attached hydrogen (secondary N) is 2. The second kappa shape index (κ2) is 27.1. The highest BCUT2D eigenvalue weighted by molar-refractivity contribution is 6.91. The molecular weight excluding hydrogens is 1290 g/mol. The van der Waals surface area contributed by atoms with E-state index in [1.807, 2.05) is 0 Å². The van der Waals surface area contributed by atoms with Crippen molar-refractivity contribution in [3.05, 3.63) is 214 Å². The third kappa shape index (κ3) is 12.9. The van der Waals surface area contributed by atoms with Gasteiger partial charge >= 0.3 is 0 Å². The maximum absolute atomic E-state index is 6.10. The zero-order valence-corrected chi connectivity index (χ0v) is 68.7. The maximum atomic E-state index is 6.10. The van der Waals surface area contributed by atoms with E-state index >= 15 is 0 Å². The summed E-state index contributed by atoms with van der Waals surface area (Å²) in [5.74, 6) is 8.09. The topological polar surface area (TPSA) is 57.4 Å². The monoisotopic (exact) mass is 1400 g/mol. The molecule has 13 rings (SSSR count). The summed E-state index contributed by atoms with van der Waals surface area (Å²) in [6, 6.07) is 59.9. The largest absolute Gasteiger partial charge is 0.354 e. The molecule has 5 heterocycles. The number of aromatic amines is 2. The van der Waals surface area contributed by atoms with Crippen LogP contribution >= 0.6 is 0 Å². The Morgan fingerprint density at radius 3 is 0.731 bits per heavy atom. The van der Waals surface area contributed by atoms with Gasteiger partial charge in [0.1, 0.15) is 16.1 Å². The molecule has 530 valence electrons. The normalized spacial score (nSPS) is 13.3. The fourth-order valence-electron chi connectivity index (χ4n) is 17.9. The first-order valence-electron chi connectivity index (χ1n) is 38.5. The van der Waals surface area contributed by atoms with E-state index in [1.54, 1.807) is 0 Å². The Balaban J connectivity index is 1.26. The Morgan fingerprint density at radius 2 is 0.500 bits per heavy atom. The first-order valence-corrected chi connectivity index (χ1v) is 42.9. The van der Waals surface area contributed by atoms with Crippen molar-refractivity contribution in [2.24, 2.45) is 0 Å². The summed E-state index contributed by atoms with van der Waals surface area (Å²) < 4.78 is 0. The molecule has 0 fully saturated rings. The predicted octanol–water partition coefficient (Wildman–Crippen LogP) is 28.3. The van der Waals surface area contributed by atoms with Crippen LogP contribution < -0.4 is 0 Å². The van der Waals surface area contributed by atoms with E-state index in [1.165, 1.54) is 22.3 Å². The molecule has 6 heteroatoms. The summed E-state index contributed by atoms with van der Waals surface area (Å²) in [5.41, 5.74) is 33.8. The van der Waals surface area contributed by atoms with Crippen LogP contribution in [0.5, 0.6) is 0 Å². The zero-order chi connectivity index (χ0) is 74.7. The number of H-pyrrole nitrogens is 2. The summed E-state index contributed by atoms with van der Waals surface area (Å²) in [6.07, 6.45) is 9.12. The van der Waals surface area contributed by atoms with Gasteiger partial charge in [-0.15, -0.1) is 11.1 Å². The van der Waals surface area contributed by atoms with E-state index in [9.17, 15) is 0 Å². The second-order valence-corrected chi connectivity index (χ2v) is 47.2. The summed E-state index contributed by atoms with van der Waals surface area (Å²) in [7, 11) is -4.32. The van der Waals surface area contributed by atoms with Crippen LogP contribution in [0.3, 0.4) is 0 Å². The van der Waals surface area contributed by atoms with Gasteiger partial charge in [0.15, 0.2) is 0 Å². The Bertz CT molecular complexity index is 5070. The van der Waals surface area contributed by atoms with Gasteiger partial charge < -0.3 is 9.97 Å². The molecule has 0 unspecified atom stereocenters. The average Bonchev–Trinajstić information content (AvgIpc) is 1.44. The molecule has 11 aromatic rings. The lowest BCUT2D eigenvalue weighted by Gasteiger charge is -2.38. The first kappa shape index (κ1) is 73.3. The summed E-state index contributed by atoms with van der Waals surface area (Å²) in [6.45, 7) is 57.0. The number of hydrogen-bond donors (Lipinski definition) is 2. The third-order valence-corrected chi connectivity index (χ3v) is 36.1. The summed E-state index contributed by atoms with van der Waals surface area (Å²) in [4.78, 5) is 20.7. The van der Waals surface area contributed by atoms with Crippen LogP contribution in [0.1, 0.15) is 222 Å². The van der Waals surface area contributed by atoms with Crippen molar-refractivity contribution in [2.75, 3.05) is 0 Å². The number of fused-ring (bicyclic) bond motifs is 12. The Hall–Kier alpha value is -9.05. The van der Waals surface area contributed by atoms with Crippen molar-refractivity contribution in [3.8, 4) is 67.4 Å². The van der Waals surface area contributed by atoms with E-state index in [-0.39, 0.29) is 21.7 Å². The molecule has 4 nitrogen and oxygen atoms in total. The van der Waals surface area contributed by atoms with E-state index < -0.39 is 16.1 Å². The molecule has 2 N–H and O–H groups in total. The standard InChI is InChI=1S/C98H110N4Si2/c1-59(2)103(60(3)4,61(5)6)51-49-75-71-33-25-29-37-77(71)91(78-38-30-26-34-72(75)78)93-85-45-41-81(99-85)89(65-53-67(95(13,14)15)57-68(54-65)96(16,17)18)83-43-47-87(101-83)94(88-48-44-84(102-88)90(82-42-46-86(93)100-82)66-55-69(97(19,20)21)58-70(56-66)98(22,23)24)92-79-39-31-27-35-73(79)76(74-36-28-32-40-80(74)92)50-52-104(62(7)8,63(9)10)64(11)12/h25-48,53-64,99,102H,1-24H3. The van der Waals surface area contributed by atoms with E-state index in [4.69, 9.17) is 9.97 Å². The SMILES string of the molecule is CC(C)[Si](C#Cc1c2ccccc2c(-c2c3nc(c(-c4cc(C(C)(C)C)cc(C(C)(C)C)c4)c4ccc([nH]4)c(-c4c5ccccc5c(C#C[Si](C(C)C)(C(C)C)C(C)C)c5ccccc45)c4nc(c(-c5cc(C(C)(C)C)cc(C(C)(C)C)c5)c5ccc2[nH]5)C=C4)C=C3)c2ccccc12)(C(C)C)C(C)C. The minimum absolute atomic E-state index is 0.158. The van der Waals surface area contributed by atoms with Gasteiger partial charge in [0.05, 0.1) is 22.8 Å². The molecule has 8 aromatic carbocycles. The van der Waals surface area contributed by atoms with Crippen LogP contribution in [0.2, 0.25) is 33.2 Å². The fourth-order valence-corrected chi connectivity index (χ4v) is 28.3. The van der Waals surface area contributed by atoms with Gasteiger partial charge in [-0.2, -0.15) is 0 Å². The van der Waals surface area contributed by atoms with Gasteiger partial charge in [-0.25, -0.2) is 9.97 Å². The van der Waals surface area contributed by atoms with E-state index in [0.717, 1.165) is 144 Å². The molecule has 2 aliphatic heterocycles. The highest BCUT2D eigenvalue weighted by atomic mass is 28.3. The molecule has 0 spiro atoms. The summed E-state index contributed by atoms with van der Waals surface area (Å²) >= 11 is 0. The van der Waals surface area contributed by atoms with Gasteiger partial charge in [-0.3, -0.25) is 0 Å². The average molecular weight is 1400 g/mol. The fraction of sp³-hybridized carbons (Fsp3) is 0.347. The van der Waals surface area contributed by atoms with Crippen molar-refractivity contribution in [1.29, 1.82) is 0 Å². The lowest BCUT2D eigenvalue weighted by Crippen LogP contribution is -2.43. The highest BCUT2D eigenvalue weighted by Crippen LogP contribution is 2.50. The Kier molecular flexibility index (Phi) is 19.1. The lowest BCUT2D eigenvalue weighted by molar-refractivity contribution is 0.568. The predicted molar refractivity (Wildman–Crippen MR) is 461 cm³/mol. The van der Waals surface area contributed by atoms with Crippen molar-refractivity contribution in [2.45, 2.75) is 221 Å². The van der Waals surface area contributed by atoms with Gasteiger partial charge in [-0.05, 0) is 180 Å². The number of hydrogen-bond acceptors (Lipinski definition) is 2. The molecule has 3 aromatic heterocycles. The van der Waals surface area contributed by atoms with Crippen molar-refractivity contribution < 1.29 is 0 Å². The van der Waals surface area contributed by atoms with Crippen molar-refractivity contribution >= 4 is 106 Å². The first-order chi connectivity index (χ1) is 49.0. The Labute approximate surface area is 623 Å². The molecular formula is C98H110N4Si2. The van der Waals surface area contributed by atoms with Crippen LogP contribution in [0.4, 0.5) is 0 Å². The van der Waals surface area contributed by atoms with Gasteiger partial charge in [-0.1, -0.05) is 311 Å². The number of nitrogens with zero attached hydrogens (tertiary/aromatic N) is 2. The smallest absolute Gasteiger partial charge is 0.146 e. The molecule has 0 saturated heterocycles. The van der Waals surface area contributed by atoms with Crippen LogP contribution in [-0.4, -0.2) is 36.1 Å². The van der Waals surface area contributed by atoms with Crippen LogP contribution in [0.25, 0.3) is 134 Å². The molecule has 2 aliphatic rings. The molecule has 104 heavy (non-hydrogen) atoms. The van der Waals surface area contributed by atoms with Crippen molar-refractivity contribution in [1.82, 2.24) is 19.9 Å². The van der Waals surface area contributed by atoms with E-state index in [0.29, 0.717) is 33.2 Å². The quantitative estimate of drug-likeness (QED) is 0.0814. The van der Waals surface area contributed by atoms with Gasteiger partial charge in [0, 0.05) is 66.6 Å². The molecule has 0 aliphatic carbocycles. The van der Waals surface area contributed by atoms with Gasteiger partial charge in [0.2, 0.25) is 0 Å². The minimum Gasteiger partial charge on any atom is -0.354 e. The summed E-state index contributed by atoms with van der Waals surface area (Å²) in [5, 5.41) is 9.11. The number of rotatable bonds is 10. The second-order valence-electron chi connectivity index (χ2n) is 36.1. The third-order valence-electron chi connectivity index (χ3n) is 23.6. The van der Waals surface area contributed by atoms with Crippen molar-refractivity contribution in [3.63, 3.8) is 0 Å². The van der Waals surface area contributed by atoms with Gasteiger partial charge in [0.25, 0.3) is 0 Å². The molecule has 0 atom stereocenters. The van der Waals surface area contributed by atoms with Crippen LogP contribution in [0.15, 0.2) is 158 Å². The minimum atomic E-state index is -2.16. The molecule has 0 amide bonds. The molecule has 8 bridgehead atoms. The van der Waals surface area contributed by atoms with E-state index in [2.05, 4.69) is 381 Å². The lowest BCUT2D eigenvalue weighted by atomic mass is 9.78. The molecule has 0 saturated carbocycles. The maximum Gasteiger partial charge on any atom is 0.146 e. The zero-order valence-electron chi connectivity index (χ0n) is 66.7. The highest BCUT2D eigenvalue weighted by Gasteiger charge is 2.43. The number of benzene rings is 8. The number of aromatic nitrogens is 4. The van der Waals surface area contributed by atoms with Crippen LogP contribution in [0, 0.1) is 22.9 Å². The van der Waals surface area contributed by atoms with Crippen LogP contribution in [-0.2, 0) is 21.7 Å².